The summed E-state index contributed by atoms with van der Waals surface area (Å²) >= 11 is 5.75. The molecule has 0 saturated heterocycles. The predicted octanol–water partition coefficient (Wildman–Crippen LogP) is 2.20. The highest BCUT2D eigenvalue weighted by molar-refractivity contribution is 6.31. The normalized spacial score (nSPS) is 10.4. The van der Waals surface area contributed by atoms with Crippen LogP contribution >= 0.6 is 11.6 Å². The first-order valence-electron chi connectivity index (χ1n) is 4.13. The highest BCUT2D eigenvalue weighted by atomic mass is 35.5. The Balaban J connectivity index is 3.25. The van der Waals surface area contributed by atoms with E-state index < -0.39 is 12.1 Å². The van der Waals surface area contributed by atoms with Crippen molar-refractivity contribution in [1.82, 2.24) is 4.98 Å². The van der Waals surface area contributed by atoms with E-state index >= 15 is 0 Å². The molecule has 0 atom stereocenters. The van der Waals surface area contributed by atoms with E-state index in [2.05, 4.69) is 4.98 Å². The Bertz CT molecular complexity index is 401. The Labute approximate surface area is 90.5 Å². The zero-order valence-electron chi connectivity index (χ0n) is 7.67. The fourth-order valence-corrected chi connectivity index (χ4v) is 1.37. The number of hydrogen-bond donors (Lipinski definition) is 1. The van der Waals surface area contributed by atoms with Crippen LogP contribution in [0.5, 0.6) is 0 Å². The summed E-state index contributed by atoms with van der Waals surface area (Å²) in [4.78, 5) is 3.65. The van der Waals surface area contributed by atoms with Gasteiger partial charge in [-0.05, 0) is 11.6 Å². The quantitative estimate of drug-likeness (QED) is 0.867. The molecule has 1 rings (SSSR count). The molecule has 0 fully saturated rings. The largest absolute Gasteiger partial charge is 0.326 e. The van der Waals surface area contributed by atoms with E-state index in [4.69, 9.17) is 22.6 Å². The third-order valence-electron chi connectivity index (χ3n) is 1.83. The maximum absolute atomic E-state index is 12.5. The Morgan fingerprint density at radius 2 is 2.27 bits per heavy atom. The first-order chi connectivity index (χ1) is 7.10. The first-order valence-corrected chi connectivity index (χ1v) is 4.51. The zero-order chi connectivity index (χ0) is 11.4. The lowest BCUT2D eigenvalue weighted by Crippen LogP contribution is -2.07. The number of rotatable bonds is 3. The number of aromatic nitrogens is 1. The summed E-state index contributed by atoms with van der Waals surface area (Å²) in [5.74, 6) is 0. The van der Waals surface area contributed by atoms with Gasteiger partial charge in [-0.1, -0.05) is 11.6 Å². The highest BCUT2D eigenvalue weighted by Gasteiger charge is 2.17. The van der Waals surface area contributed by atoms with Crippen LogP contribution in [0.1, 0.15) is 23.4 Å². The lowest BCUT2D eigenvalue weighted by atomic mass is 10.1. The van der Waals surface area contributed by atoms with Crippen LogP contribution in [-0.2, 0) is 13.0 Å². The minimum absolute atomic E-state index is 0.0563. The standard InChI is InChI=1S/C9H8ClF2N3/c10-6-3-5(4-14)8(9(11)12)15-7(6)1-2-13/h3,9H,1,4,14H2. The van der Waals surface area contributed by atoms with E-state index in [0.717, 1.165) is 0 Å². The van der Waals surface area contributed by atoms with Crippen LogP contribution < -0.4 is 5.73 Å². The van der Waals surface area contributed by atoms with Gasteiger partial charge >= 0.3 is 0 Å². The predicted molar refractivity (Wildman–Crippen MR) is 51.4 cm³/mol. The Kier molecular flexibility index (Phi) is 3.95. The van der Waals surface area contributed by atoms with Gasteiger partial charge < -0.3 is 5.73 Å². The van der Waals surface area contributed by atoms with Crippen LogP contribution in [0.2, 0.25) is 5.02 Å². The van der Waals surface area contributed by atoms with E-state index in [0.29, 0.717) is 0 Å². The SMILES string of the molecule is N#CCc1nc(C(F)F)c(CN)cc1Cl. The molecule has 0 aliphatic rings. The van der Waals surface area contributed by atoms with Crippen LogP contribution in [0.25, 0.3) is 0 Å². The van der Waals surface area contributed by atoms with Gasteiger partial charge in [0.25, 0.3) is 6.43 Å². The third-order valence-corrected chi connectivity index (χ3v) is 2.16. The molecule has 0 unspecified atom stereocenters. The van der Waals surface area contributed by atoms with Gasteiger partial charge in [0.1, 0.15) is 5.69 Å². The fraction of sp³-hybridized carbons (Fsp3) is 0.333. The molecule has 3 nitrogen and oxygen atoms in total. The van der Waals surface area contributed by atoms with Crippen LogP contribution in [0, 0.1) is 11.3 Å². The van der Waals surface area contributed by atoms with E-state index in [1.54, 1.807) is 6.07 Å². The Morgan fingerprint density at radius 1 is 1.60 bits per heavy atom. The first kappa shape index (κ1) is 11.8. The van der Waals surface area contributed by atoms with Crippen LogP contribution in [0.4, 0.5) is 8.78 Å². The van der Waals surface area contributed by atoms with E-state index in [1.165, 1.54) is 6.07 Å². The second-order valence-electron chi connectivity index (χ2n) is 2.80. The smallest absolute Gasteiger partial charge is 0.280 e. The Morgan fingerprint density at radius 3 is 2.73 bits per heavy atom. The van der Waals surface area contributed by atoms with Gasteiger partial charge in [-0.2, -0.15) is 5.26 Å². The number of halogens is 3. The van der Waals surface area contributed by atoms with Gasteiger partial charge in [-0.15, -0.1) is 0 Å². The lowest BCUT2D eigenvalue weighted by molar-refractivity contribution is 0.144. The molecule has 6 heteroatoms. The van der Waals surface area contributed by atoms with Gasteiger partial charge in [0.05, 0.1) is 23.2 Å². The van der Waals surface area contributed by atoms with Gasteiger partial charge in [0.15, 0.2) is 0 Å². The van der Waals surface area contributed by atoms with Crippen molar-refractivity contribution >= 4 is 11.6 Å². The molecule has 1 aromatic rings. The zero-order valence-corrected chi connectivity index (χ0v) is 8.43. The monoisotopic (exact) mass is 231 g/mol. The van der Waals surface area contributed by atoms with Crippen LogP contribution in [0.3, 0.4) is 0 Å². The number of hydrogen-bond acceptors (Lipinski definition) is 3. The van der Waals surface area contributed by atoms with E-state index in [9.17, 15) is 8.78 Å². The molecule has 0 bridgehead atoms. The maximum atomic E-state index is 12.5. The van der Waals surface area contributed by atoms with Gasteiger partial charge in [0, 0.05) is 6.54 Å². The van der Waals surface area contributed by atoms with Crippen molar-refractivity contribution in [1.29, 1.82) is 5.26 Å². The molecule has 2 N–H and O–H groups in total. The minimum atomic E-state index is -2.71. The summed E-state index contributed by atoms with van der Waals surface area (Å²) in [7, 11) is 0. The van der Waals surface area contributed by atoms with E-state index in [-0.39, 0.29) is 29.2 Å². The molecule has 1 aromatic heterocycles. The number of nitrogens with two attached hydrogens (primary N) is 1. The lowest BCUT2D eigenvalue weighted by Gasteiger charge is -2.08. The third kappa shape index (κ3) is 2.61. The summed E-state index contributed by atoms with van der Waals surface area (Å²) in [5.41, 5.74) is 5.25. The van der Waals surface area contributed by atoms with Crippen molar-refractivity contribution in [3.8, 4) is 6.07 Å². The van der Waals surface area contributed by atoms with Crippen molar-refractivity contribution in [2.24, 2.45) is 5.73 Å². The molecule has 0 aliphatic heterocycles. The second kappa shape index (κ2) is 5.01. The number of nitrogens with zero attached hydrogens (tertiary/aromatic N) is 2. The topological polar surface area (TPSA) is 62.7 Å². The average Bonchev–Trinajstić information content (AvgIpc) is 2.20. The molecule has 15 heavy (non-hydrogen) atoms. The summed E-state index contributed by atoms with van der Waals surface area (Å²) in [5, 5.41) is 8.64. The molecule has 0 saturated carbocycles. The van der Waals surface area contributed by atoms with Crippen molar-refractivity contribution in [3.05, 3.63) is 28.0 Å². The summed E-state index contributed by atoms with van der Waals surface area (Å²) in [6, 6.07) is 3.14. The van der Waals surface area contributed by atoms with Crippen LogP contribution in [-0.4, -0.2) is 4.98 Å². The van der Waals surface area contributed by atoms with Gasteiger partial charge in [-0.3, -0.25) is 0 Å². The Hall–Kier alpha value is -1.25. The molecule has 0 radical (unpaired) electrons. The summed E-state index contributed by atoms with van der Waals surface area (Å²) in [6.45, 7) is -0.0563. The maximum Gasteiger partial charge on any atom is 0.280 e. The molecule has 1 heterocycles. The van der Waals surface area contributed by atoms with Crippen molar-refractivity contribution in [2.75, 3.05) is 0 Å². The molecular formula is C9H8ClF2N3. The summed E-state index contributed by atoms with van der Waals surface area (Å²) in [6.07, 6.45) is -2.80. The molecule has 0 aliphatic carbocycles. The molecule has 0 amide bonds. The van der Waals surface area contributed by atoms with Crippen molar-refractivity contribution in [2.45, 2.75) is 19.4 Å². The number of pyridine rings is 1. The summed E-state index contributed by atoms with van der Waals surface area (Å²) < 4.78 is 25.0. The van der Waals surface area contributed by atoms with Gasteiger partial charge in [0.2, 0.25) is 0 Å². The number of alkyl halides is 2. The fourth-order valence-electron chi connectivity index (χ4n) is 1.13. The second-order valence-corrected chi connectivity index (χ2v) is 3.21. The molecule has 80 valence electrons. The number of nitriles is 1. The molecule has 0 spiro atoms. The van der Waals surface area contributed by atoms with Crippen molar-refractivity contribution < 1.29 is 8.78 Å². The minimum Gasteiger partial charge on any atom is -0.326 e. The molecule has 0 aromatic carbocycles. The average molecular weight is 232 g/mol. The van der Waals surface area contributed by atoms with E-state index in [1.807, 2.05) is 0 Å². The van der Waals surface area contributed by atoms with Gasteiger partial charge in [-0.25, -0.2) is 13.8 Å². The molecular weight excluding hydrogens is 224 g/mol. The van der Waals surface area contributed by atoms with Crippen LogP contribution in [0.15, 0.2) is 6.07 Å². The van der Waals surface area contributed by atoms with Crippen molar-refractivity contribution in [3.63, 3.8) is 0 Å². The highest BCUT2D eigenvalue weighted by Crippen LogP contribution is 2.25.